The van der Waals surface area contributed by atoms with Crippen molar-refractivity contribution in [3.8, 4) is 0 Å². The Kier molecular flexibility index (Phi) is 4.35. The average Bonchev–Trinajstić information content (AvgIpc) is 3.00. The zero-order valence-corrected chi connectivity index (χ0v) is 14.8. The smallest absolute Gasteiger partial charge is 0.150 e. The van der Waals surface area contributed by atoms with Crippen LogP contribution in [-0.2, 0) is 13.0 Å². The molecule has 1 N–H and O–H groups in total. The summed E-state index contributed by atoms with van der Waals surface area (Å²) in [5.74, 6) is 3.21. The van der Waals surface area contributed by atoms with Gasteiger partial charge in [0.1, 0.15) is 5.82 Å². The topological polar surface area (TPSA) is 42.7 Å². The summed E-state index contributed by atoms with van der Waals surface area (Å²) < 4.78 is 2.09. The van der Waals surface area contributed by atoms with Crippen LogP contribution in [0.3, 0.4) is 0 Å². The van der Waals surface area contributed by atoms with Crippen LogP contribution in [0.5, 0.6) is 0 Å². The van der Waals surface area contributed by atoms with Gasteiger partial charge in [0.2, 0.25) is 0 Å². The van der Waals surface area contributed by atoms with Crippen LogP contribution >= 0.6 is 23.4 Å². The molecular weight excluding hydrogens is 328 g/mol. The van der Waals surface area contributed by atoms with Crippen LogP contribution < -0.4 is 5.32 Å². The number of hydrogen-bond donors (Lipinski definition) is 1. The lowest BCUT2D eigenvalue weighted by atomic mass is 10.00. The summed E-state index contributed by atoms with van der Waals surface area (Å²) in [4.78, 5) is 6.10. The van der Waals surface area contributed by atoms with Crippen molar-refractivity contribution >= 4 is 23.4 Å². The molecule has 0 amide bonds. The van der Waals surface area contributed by atoms with Crippen LogP contribution in [0.1, 0.15) is 55.5 Å². The van der Waals surface area contributed by atoms with Crippen molar-refractivity contribution < 1.29 is 0 Å². The van der Waals surface area contributed by atoms with Gasteiger partial charge in [-0.1, -0.05) is 18.5 Å². The second-order valence-corrected chi connectivity index (χ2v) is 7.77. The highest BCUT2D eigenvalue weighted by Gasteiger charge is 2.29. The maximum atomic E-state index is 6.22. The van der Waals surface area contributed by atoms with Crippen LogP contribution in [0.25, 0.3) is 0 Å². The Labute approximate surface area is 146 Å². The van der Waals surface area contributed by atoms with E-state index >= 15 is 0 Å². The minimum atomic E-state index is 0.288. The molecule has 0 saturated carbocycles. The first-order valence-electron chi connectivity index (χ1n) is 8.36. The molecule has 4 nitrogen and oxygen atoms in total. The van der Waals surface area contributed by atoms with Crippen LogP contribution in [-0.4, -0.2) is 20.5 Å². The van der Waals surface area contributed by atoms with E-state index in [2.05, 4.69) is 34.2 Å². The Morgan fingerprint density at radius 2 is 2.26 bits per heavy atom. The van der Waals surface area contributed by atoms with Gasteiger partial charge in [-0.2, -0.15) is 5.10 Å². The molecule has 2 aliphatic rings. The van der Waals surface area contributed by atoms with Crippen molar-refractivity contribution in [2.45, 2.75) is 56.1 Å². The van der Waals surface area contributed by atoms with E-state index in [0.29, 0.717) is 6.04 Å². The lowest BCUT2D eigenvalue weighted by Gasteiger charge is -2.31. The van der Waals surface area contributed by atoms with Gasteiger partial charge < -0.3 is 5.32 Å². The van der Waals surface area contributed by atoms with Crippen LogP contribution in [0.4, 0.5) is 0 Å². The SMILES string of the molecule is CCc1nc2n(n1)CCC[C@H]2N[C@H]1CCSc2ccc(Cl)cc21. The highest BCUT2D eigenvalue weighted by Crippen LogP contribution is 2.39. The predicted octanol–water partition coefficient (Wildman–Crippen LogP) is 4.16. The van der Waals surface area contributed by atoms with E-state index in [0.717, 1.165) is 54.7 Å². The number of fused-ring (bicyclic) bond motifs is 2. The Morgan fingerprint density at radius 3 is 3.13 bits per heavy atom. The third kappa shape index (κ3) is 3.02. The van der Waals surface area contributed by atoms with Crippen LogP contribution in [0, 0.1) is 0 Å². The van der Waals surface area contributed by atoms with Crippen molar-refractivity contribution in [3.63, 3.8) is 0 Å². The highest BCUT2D eigenvalue weighted by molar-refractivity contribution is 7.99. The van der Waals surface area contributed by atoms with Crippen molar-refractivity contribution in [2.75, 3.05) is 5.75 Å². The molecule has 0 unspecified atom stereocenters. The fourth-order valence-corrected chi connectivity index (χ4v) is 4.77. The molecule has 0 aliphatic carbocycles. The Balaban J connectivity index is 1.61. The van der Waals surface area contributed by atoms with E-state index in [4.69, 9.17) is 16.6 Å². The van der Waals surface area contributed by atoms with E-state index < -0.39 is 0 Å². The summed E-state index contributed by atoms with van der Waals surface area (Å²) in [5.41, 5.74) is 1.33. The maximum Gasteiger partial charge on any atom is 0.150 e. The third-order valence-corrected chi connectivity index (χ3v) is 6.01. The molecule has 2 aliphatic heterocycles. The van der Waals surface area contributed by atoms with Gasteiger partial charge >= 0.3 is 0 Å². The van der Waals surface area contributed by atoms with E-state index in [1.807, 2.05) is 17.8 Å². The van der Waals surface area contributed by atoms with Gasteiger partial charge in [0.15, 0.2) is 5.82 Å². The first-order chi connectivity index (χ1) is 11.2. The molecule has 0 saturated heterocycles. The number of nitrogens with one attached hydrogen (secondary N) is 1. The monoisotopic (exact) mass is 348 g/mol. The predicted molar refractivity (Wildman–Crippen MR) is 94.0 cm³/mol. The van der Waals surface area contributed by atoms with E-state index in [1.54, 1.807) is 0 Å². The summed E-state index contributed by atoms with van der Waals surface area (Å²) in [6, 6.07) is 6.89. The van der Waals surface area contributed by atoms with Gasteiger partial charge in [0, 0.05) is 28.9 Å². The second kappa shape index (κ2) is 6.46. The molecule has 1 aromatic heterocycles. The lowest BCUT2D eigenvalue weighted by Crippen LogP contribution is -2.33. The van der Waals surface area contributed by atoms with Crippen molar-refractivity contribution in [2.24, 2.45) is 0 Å². The Hall–Kier alpha value is -1.04. The molecule has 3 heterocycles. The number of nitrogens with zero attached hydrogens (tertiary/aromatic N) is 3. The molecule has 2 aromatic rings. The number of thioether (sulfide) groups is 1. The lowest BCUT2D eigenvalue weighted by molar-refractivity contribution is 0.330. The molecule has 0 radical (unpaired) electrons. The standard InChI is InChI=1S/C17H21ClN4S/c1-2-16-20-17-14(4-3-8-22(17)21-16)19-13-7-9-23-15-6-5-11(18)10-12(13)15/h5-6,10,13-14,19H,2-4,7-9H2,1H3/t13-,14+/m0/s1. The number of benzene rings is 1. The summed E-state index contributed by atoms with van der Waals surface area (Å²) in [5, 5.41) is 9.27. The van der Waals surface area contributed by atoms with Crippen molar-refractivity contribution in [3.05, 3.63) is 40.4 Å². The average molecular weight is 349 g/mol. The van der Waals surface area contributed by atoms with Gasteiger partial charge in [-0.15, -0.1) is 11.8 Å². The minimum absolute atomic E-state index is 0.288. The largest absolute Gasteiger partial charge is 0.300 e. The quantitative estimate of drug-likeness (QED) is 0.904. The molecule has 0 bridgehead atoms. The Morgan fingerprint density at radius 1 is 1.35 bits per heavy atom. The third-order valence-electron chi connectivity index (χ3n) is 4.65. The normalized spacial score (nSPS) is 23.4. The first kappa shape index (κ1) is 15.5. The van der Waals surface area contributed by atoms with Crippen LogP contribution in [0.2, 0.25) is 5.02 Å². The van der Waals surface area contributed by atoms with Crippen molar-refractivity contribution in [1.82, 2.24) is 20.1 Å². The molecule has 0 fully saturated rings. The van der Waals surface area contributed by atoms with Gasteiger partial charge in [-0.3, -0.25) is 0 Å². The molecule has 1 aromatic carbocycles. The summed E-state index contributed by atoms with van der Waals surface area (Å²) >= 11 is 8.15. The molecule has 6 heteroatoms. The summed E-state index contributed by atoms with van der Waals surface area (Å²) in [7, 11) is 0. The van der Waals surface area contributed by atoms with Gasteiger partial charge in [-0.05, 0) is 48.8 Å². The zero-order chi connectivity index (χ0) is 15.8. The molecule has 122 valence electrons. The Bertz CT molecular complexity index is 715. The number of halogens is 1. The molecular formula is C17H21ClN4S. The molecule has 2 atom stereocenters. The minimum Gasteiger partial charge on any atom is -0.300 e. The van der Waals surface area contributed by atoms with Crippen molar-refractivity contribution in [1.29, 1.82) is 0 Å². The van der Waals surface area contributed by atoms with Gasteiger partial charge in [0.25, 0.3) is 0 Å². The maximum absolute atomic E-state index is 6.22. The number of aromatic nitrogens is 3. The molecule has 4 rings (SSSR count). The molecule has 23 heavy (non-hydrogen) atoms. The van der Waals surface area contributed by atoms with Gasteiger partial charge in [-0.25, -0.2) is 9.67 Å². The second-order valence-electron chi connectivity index (χ2n) is 6.20. The van der Waals surface area contributed by atoms with Gasteiger partial charge in [0.05, 0.1) is 6.04 Å². The molecule has 0 spiro atoms. The number of hydrogen-bond acceptors (Lipinski definition) is 4. The number of aryl methyl sites for hydroxylation is 2. The fourth-order valence-electron chi connectivity index (χ4n) is 3.49. The summed E-state index contributed by atoms with van der Waals surface area (Å²) in [6.07, 6.45) is 4.30. The fraction of sp³-hybridized carbons (Fsp3) is 0.529. The summed E-state index contributed by atoms with van der Waals surface area (Å²) in [6.45, 7) is 3.10. The van der Waals surface area contributed by atoms with E-state index in [9.17, 15) is 0 Å². The first-order valence-corrected chi connectivity index (χ1v) is 9.73. The highest BCUT2D eigenvalue weighted by atomic mass is 35.5. The number of rotatable bonds is 3. The van der Waals surface area contributed by atoms with Crippen LogP contribution in [0.15, 0.2) is 23.1 Å². The van der Waals surface area contributed by atoms with E-state index in [1.165, 1.54) is 10.5 Å². The zero-order valence-electron chi connectivity index (χ0n) is 13.3. The van der Waals surface area contributed by atoms with E-state index in [-0.39, 0.29) is 6.04 Å².